The number of hydrogen-bond acceptors (Lipinski definition) is 4. The van der Waals surface area contributed by atoms with Gasteiger partial charge in [0.15, 0.2) is 0 Å². The molecule has 0 aliphatic rings. The molecule has 0 N–H and O–H groups in total. The molecule has 0 aliphatic carbocycles. The predicted octanol–water partition coefficient (Wildman–Crippen LogP) is 6.64. The number of thiophene rings is 1. The average molecular weight is 539 g/mol. The molecule has 7 heteroatoms. The van der Waals surface area contributed by atoms with Crippen molar-refractivity contribution in [3.63, 3.8) is 0 Å². The van der Waals surface area contributed by atoms with Crippen molar-refractivity contribution >= 4 is 23.2 Å². The first kappa shape index (κ1) is 29.5. The minimum Gasteiger partial charge on any atom is -0.385 e. The third kappa shape index (κ3) is 9.07. The molecule has 1 heterocycles. The molecule has 0 atom stereocenters. The standard InChI is InChI=1S/C31H39FN2O3S/c1-4-5-6-8-25-9-13-27(14-10-25)31(36)33(18-7-19-37-3)23-30(35)34(22-29-24(2)17-20-38-29)21-26-11-15-28(32)16-12-26/h9-17,20H,4-8,18-19,21-23H2,1-3H3. The largest absolute Gasteiger partial charge is 0.385 e. The lowest BCUT2D eigenvalue weighted by Gasteiger charge is -2.28. The van der Waals surface area contributed by atoms with E-state index in [2.05, 4.69) is 6.92 Å². The van der Waals surface area contributed by atoms with Crippen molar-refractivity contribution in [1.29, 1.82) is 0 Å². The smallest absolute Gasteiger partial charge is 0.254 e. The van der Waals surface area contributed by atoms with Crippen molar-refractivity contribution < 1.29 is 18.7 Å². The van der Waals surface area contributed by atoms with Gasteiger partial charge in [-0.1, -0.05) is 44.0 Å². The summed E-state index contributed by atoms with van der Waals surface area (Å²) < 4.78 is 18.7. The zero-order valence-corrected chi connectivity index (χ0v) is 23.6. The fraction of sp³-hybridized carbons (Fsp3) is 0.419. The first-order chi connectivity index (χ1) is 18.4. The molecule has 5 nitrogen and oxygen atoms in total. The number of amides is 2. The van der Waals surface area contributed by atoms with E-state index in [0.717, 1.165) is 28.8 Å². The lowest BCUT2D eigenvalue weighted by Crippen LogP contribution is -2.43. The summed E-state index contributed by atoms with van der Waals surface area (Å²) in [6.45, 7) is 5.87. The van der Waals surface area contributed by atoms with E-state index >= 15 is 0 Å². The highest BCUT2D eigenvalue weighted by Gasteiger charge is 2.23. The maximum atomic E-state index is 13.7. The third-order valence-electron chi connectivity index (χ3n) is 6.60. The van der Waals surface area contributed by atoms with Gasteiger partial charge >= 0.3 is 0 Å². The Labute approximate surface area is 230 Å². The van der Waals surface area contributed by atoms with Crippen molar-refractivity contribution in [1.82, 2.24) is 9.80 Å². The summed E-state index contributed by atoms with van der Waals surface area (Å²) in [5, 5.41) is 2.01. The lowest BCUT2D eigenvalue weighted by atomic mass is 10.0. The number of benzene rings is 2. The fourth-order valence-corrected chi connectivity index (χ4v) is 5.19. The highest BCUT2D eigenvalue weighted by atomic mass is 32.1. The summed E-state index contributed by atoms with van der Waals surface area (Å²) in [4.78, 5) is 31.6. The van der Waals surface area contributed by atoms with Gasteiger partial charge in [-0.3, -0.25) is 9.59 Å². The Morgan fingerprint density at radius 3 is 2.24 bits per heavy atom. The van der Waals surface area contributed by atoms with Gasteiger partial charge in [0.1, 0.15) is 12.4 Å². The molecule has 2 amide bonds. The van der Waals surface area contributed by atoms with Gasteiger partial charge < -0.3 is 14.5 Å². The first-order valence-corrected chi connectivity index (χ1v) is 14.2. The highest BCUT2D eigenvalue weighted by molar-refractivity contribution is 7.10. The van der Waals surface area contributed by atoms with Gasteiger partial charge in [0.05, 0.1) is 6.54 Å². The molecule has 0 fully saturated rings. The van der Waals surface area contributed by atoms with Crippen LogP contribution in [-0.4, -0.2) is 48.4 Å². The number of ether oxygens (including phenoxy) is 1. The second kappa shape index (κ2) is 15.4. The van der Waals surface area contributed by atoms with Gasteiger partial charge in [0.2, 0.25) is 5.91 Å². The lowest BCUT2D eigenvalue weighted by molar-refractivity contribution is -0.133. The van der Waals surface area contributed by atoms with Crippen LogP contribution in [-0.2, 0) is 29.0 Å². The molecule has 3 rings (SSSR count). The molecular formula is C31H39FN2O3S. The van der Waals surface area contributed by atoms with Crippen LogP contribution in [0.3, 0.4) is 0 Å². The maximum absolute atomic E-state index is 13.7. The number of unbranched alkanes of at least 4 members (excludes halogenated alkanes) is 2. The van der Waals surface area contributed by atoms with Crippen LogP contribution in [0.1, 0.15) is 64.5 Å². The number of carbonyl (C=O) groups excluding carboxylic acids is 2. The summed E-state index contributed by atoms with van der Waals surface area (Å²) in [5.41, 5.74) is 3.76. The van der Waals surface area contributed by atoms with Crippen molar-refractivity contribution in [3.8, 4) is 0 Å². The monoisotopic (exact) mass is 538 g/mol. The molecule has 3 aromatic rings. The molecule has 0 unspecified atom stereocenters. The number of rotatable bonds is 15. The van der Waals surface area contributed by atoms with Crippen molar-refractivity contribution in [2.45, 2.75) is 59.0 Å². The Balaban J connectivity index is 1.77. The second-order valence-electron chi connectivity index (χ2n) is 9.63. The number of carbonyl (C=O) groups is 2. The quantitative estimate of drug-likeness (QED) is 0.204. The summed E-state index contributed by atoms with van der Waals surface area (Å²) >= 11 is 1.60. The summed E-state index contributed by atoms with van der Waals surface area (Å²) in [6.07, 6.45) is 5.13. The Kier molecular flexibility index (Phi) is 12.0. The topological polar surface area (TPSA) is 49.9 Å². The van der Waals surface area contributed by atoms with Gasteiger partial charge in [-0.15, -0.1) is 11.3 Å². The average Bonchev–Trinajstić information content (AvgIpc) is 3.33. The molecule has 204 valence electrons. The highest BCUT2D eigenvalue weighted by Crippen LogP contribution is 2.20. The summed E-state index contributed by atoms with van der Waals surface area (Å²) in [6, 6.07) is 16.0. The van der Waals surface area contributed by atoms with E-state index in [1.54, 1.807) is 40.4 Å². The molecule has 1 aromatic heterocycles. The van der Waals surface area contributed by atoms with Crippen molar-refractivity contribution in [3.05, 3.63) is 92.9 Å². The molecule has 0 saturated carbocycles. The number of nitrogens with zero attached hydrogens (tertiary/aromatic N) is 2. The van der Waals surface area contributed by atoms with Crippen LogP contribution in [0.4, 0.5) is 4.39 Å². The van der Waals surface area contributed by atoms with E-state index in [0.29, 0.717) is 38.2 Å². The van der Waals surface area contributed by atoms with E-state index < -0.39 is 0 Å². The zero-order chi connectivity index (χ0) is 27.3. The Morgan fingerprint density at radius 2 is 1.61 bits per heavy atom. The van der Waals surface area contributed by atoms with Crippen molar-refractivity contribution in [2.75, 3.05) is 26.8 Å². The number of halogens is 1. The van der Waals surface area contributed by atoms with E-state index in [-0.39, 0.29) is 24.2 Å². The van der Waals surface area contributed by atoms with E-state index in [4.69, 9.17) is 4.74 Å². The second-order valence-corrected chi connectivity index (χ2v) is 10.6. The molecule has 0 radical (unpaired) electrons. The molecule has 0 bridgehead atoms. The van der Waals surface area contributed by atoms with E-state index in [1.165, 1.54) is 30.5 Å². The molecule has 0 aliphatic heterocycles. The first-order valence-electron chi connectivity index (χ1n) is 13.3. The number of hydrogen-bond donors (Lipinski definition) is 0. The molecule has 2 aromatic carbocycles. The molecular weight excluding hydrogens is 499 g/mol. The molecule has 0 saturated heterocycles. The van der Waals surface area contributed by atoms with Crippen LogP contribution in [0.15, 0.2) is 60.0 Å². The van der Waals surface area contributed by atoms with Crippen LogP contribution >= 0.6 is 11.3 Å². The SMILES string of the molecule is CCCCCc1ccc(C(=O)N(CCCOC)CC(=O)N(Cc2ccc(F)cc2)Cc2sccc2C)cc1. The van der Waals surface area contributed by atoms with Gasteiger partial charge in [0, 0.05) is 37.2 Å². The minimum absolute atomic E-state index is 0.0353. The van der Waals surface area contributed by atoms with Crippen LogP contribution in [0.2, 0.25) is 0 Å². The van der Waals surface area contributed by atoms with E-state index in [1.807, 2.05) is 42.6 Å². The zero-order valence-electron chi connectivity index (χ0n) is 22.7. The van der Waals surface area contributed by atoms with Crippen molar-refractivity contribution in [2.24, 2.45) is 0 Å². The third-order valence-corrected chi connectivity index (χ3v) is 7.61. The summed E-state index contributed by atoms with van der Waals surface area (Å²) in [5.74, 6) is -0.625. The van der Waals surface area contributed by atoms with Gasteiger partial charge in [0.25, 0.3) is 5.91 Å². The number of methoxy groups -OCH3 is 1. The Bertz CT molecular complexity index is 1140. The normalized spacial score (nSPS) is 10.9. The van der Waals surface area contributed by atoms with Crippen LogP contribution in [0, 0.1) is 12.7 Å². The molecule has 38 heavy (non-hydrogen) atoms. The fourth-order valence-electron chi connectivity index (χ4n) is 4.27. The van der Waals surface area contributed by atoms with Crippen LogP contribution in [0.5, 0.6) is 0 Å². The van der Waals surface area contributed by atoms with Gasteiger partial charge in [-0.25, -0.2) is 4.39 Å². The number of aryl methyl sites for hydroxylation is 2. The van der Waals surface area contributed by atoms with Gasteiger partial charge in [-0.05, 0) is 78.6 Å². The molecule has 0 spiro atoms. The summed E-state index contributed by atoms with van der Waals surface area (Å²) in [7, 11) is 1.63. The Morgan fingerprint density at radius 1 is 0.895 bits per heavy atom. The Hall–Kier alpha value is -3.03. The van der Waals surface area contributed by atoms with Crippen LogP contribution < -0.4 is 0 Å². The minimum atomic E-state index is -0.313. The van der Waals surface area contributed by atoms with E-state index in [9.17, 15) is 14.0 Å². The maximum Gasteiger partial charge on any atom is 0.254 e. The van der Waals surface area contributed by atoms with Crippen LogP contribution in [0.25, 0.3) is 0 Å². The van der Waals surface area contributed by atoms with Gasteiger partial charge in [-0.2, -0.15) is 0 Å². The predicted molar refractivity (Wildman–Crippen MR) is 152 cm³/mol.